The number of aromatic nitrogens is 4. The van der Waals surface area contributed by atoms with Crippen LogP contribution in [0.2, 0.25) is 0 Å². The molecule has 150 valence electrons. The molecular weight excluding hydrogens is 380 g/mol. The monoisotopic (exact) mass is 400 g/mol. The van der Waals surface area contributed by atoms with Crippen LogP contribution in [0.1, 0.15) is 16.8 Å². The Morgan fingerprint density at radius 3 is 2.87 bits per heavy atom. The number of benzene rings is 1. The number of ketones is 1. The first-order valence-electron chi connectivity index (χ1n) is 10.2. The van der Waals surface area contributed by atoms with Crippen molar-refractivity contribution in [3.63, 3.8) is 0 Å². The van der Waals surface area contributed by atoms with Gasteiger partial charge in [0.2, 0.25) is 0 Å². The van der Waals surface area contributed by atoms with Crippen LogP contribution in [0.25, 0.3) is 27.7 Å². The number of nitrogens with one attached hydrogen (secondary N) is 1. The molecule has 1 fully saturated rings. The van der Waals surface area contributed by atoms with Crippen molar-refractivity contribution in [1.82, 2.24) is 19.6 Å². The molecule has 1 saturated heterocycles. The van der Waals surface area contributed by atoms with E-state index in [9.17, 15) is 4.79 Å². The molecule has 4 aromatic rings. The van der Waals surface area contributed by atoms with Crippen molar-refractivity contribution < 1.29 is 9.53 Å². The third kappa shape index (κ3) is 2.64. The lowest BCUT2D eigenvalue weighted by Crippen LogP contribution is -2.38. The van der Waals surface area contributed by atoms with E-state index >= 15 is 0 Å². The van der Waals surface area contributed by atoms with Crippen molar-refractivity contribution in [3.8, 4) is 11.1 Å². The van der Waals surface area contributed by atoms with Gasteiger partial charge in [0, 0.05) is 48.8 Å². The minimum Gasteiger partial charge on any atom is -0.378 e. The molecule has 1 N–H and O–H groups in total. The van der Waals surface area contributed by atoms with Crippen molar-refractivity contribution in [3.05, 3.63) is 48.3 Å². The maximum Gasteiger partial charge on any atom is 0.172 e. The first-order chi connectivity index (χ1) is 14.8. The van der Waals surface area contributed by atoms with E-state index in [0.29, 0.717) is 50.7 Å². The lowest BCUT2D eigenvalue weighted by atomic mass is 10.0. The number of carbonyl (C=O) groups is 1. The first kappa shape index (κ1) is 17.3. The summed E-state index contributed by atoms with van der Waals surface area (Å²) in [5.74, 6) is 1.54. The molecule has 8 heteroatoms. The second kappa shape index (κ2) is 6.77. The highest BCUT2D eigenvalue weighted by Gasteiger charge is 2.30. The summed E-state index contributed by atoms with van der Waals surface area (Å²) < 4.78 is 7.25. The molecule has 0 unspecified atom stereocenters. The minimum atomic E-state index is 0.101. The van der Waals surface area contributed by atoms with Crippen molar-refractivity contribution in [2.45, 2.75) is 6.42 Å². The minimum absolute atomic E-state index is 0.101. The molecule has 0 saturated carbocycles. The maximum atomic E-state index is 12.8. The van der Waals surface area contributed by atoms with Gasteiger partial charge in [-0.05, 0) is 12.1 Å². The first-order valence-corrected chi connectivity index (χ1v) is 10.2. The lowest BCUT2D eigenvalue weighted by Gasteiger charge is -2.31. The zero-order valence-electron chi connectivity index (χ0n) is 16.3. The van der Waals surface area contributed by atoms with Gasteiger partial charge in [-0.3, -0.25) is 9.78 Å². The third-order valence-electron chi connectivity index (χ3n) is 5.76. The van der Waals surface area contributed by atoms with Crippen molar-refractivity contribution in [2.24, 2.45) is 0 Å². The molecule has 8 nitrogen and oxygen atoms in total. The Kier molecular flexibility index (Phi) is 3.92. The molecule has 0 radical (unpaired) electrons. The topological polar surface area (TPSA) is 84.7 Å². The Hall–Kier alpha value is -3.52. The van der Waals surface area contributed by atoms with Crippen molar-refractivity contribution in [2.75, 3.05) is 43.1 Å². The van der Waals surface area contributed by atoms with Gasteiger partial charge in [-0.15, -0.1) is 0 Å². The SMILES string of the molecule is O=C1CCNc2c1c(N1CCOCC1)nc1c(-c3cnc4ccccc4c3)cnn21. The Morgan fingerprint density at radius 2 is 1.97 bits per heavy atom. The number of carbonyl (C=O) groups excluding carboxylic acids is 1. The number of pyridine rings is 1. The molecule has 3 aromatic heterocycles. The average Bonchev–Trinajstić information content (AvgIpc) is 3.23. The lowest BCUT2D eigenvalue weighted by molar-refractivity contribution is 0.0980. The Morgan fingerprint density at radius 1 is 1.10 bits per heavy atom. The van der Waals surface area contributed by atoms with Crippen molar-refractivity contribution in [1.29, 1.82) is 0 Å². The van der Waals surface area contributed by atoms with Gasteiger partial charge in [0.1, 0.15) is 17.2 Å². The highest BCUT2D eigenvalue weighted by Crippen LogP contribution is 2.35. The van der Waals surface area contributed by atoms with Gasteiger partial charge in [-0.2, -0.15) is 9.61 Å². The molecule has 30 heavy (non-hydrogen) atoms. The van der Waals surface area contributed by atoms with E-state index in [1.807, 2.05) is 30.5 Å². The second-order valence-electron chi connectivity index (χ2n) is 7.57. The van der Waals surface area contributed by atoms with Gasteiger partial charge >= 0.3 is 0 Å². The quantitative estimate of drug-likeness (QED) is 0.554. The van der Waals surface area contributed by atoms with E-state index in [1.54, 1.807) is 10.7 Å². The van der Waals surface area contributed by atoms with Crippen LogP contribution < -0.4 is 10.2 Å². The van der Waals surface area contributed by atoms with Gasteiger partial charge in [0.15, 0.2) is 11.4 Å². The molecule has 5 heterocycles. The Balaban J connectivity index is 1.58. The summed E-state index contributed by atoms with van der Waals surface area (Å²) in [5, 5.41) is 9.02. The van der Waals surface area contributed by atoms with Crippen LogP contribution in [-0.2, 0) is 4.74 Å². The molecule has 0 atom stereocenters. The normalized spacial score (nSPS) is 16.7. The molecule has 0 amide bonds. The van der Waals surface area contributed by atoms with Gasteiger partial charge in [-0.1, -0.05) is 18.2 Å². The fraction of sp³-hybridized carbons (Fsp3) is 0.273. The van der Waals surface area contributed by atoms with Gasteiger partial charge in [-0.25, -0.2) is 4.98 Å². The molecular formula is C22H20N6O2. The average molecular weight is 400 g/mol. The van der Waals surface area contributed by atoms with E-state index in [-0.39, 0.29) is 5.78 Å². The number of fused-ring (bicyclic) bond motifs is 4. The molecule has 2 aliphatic heterocycles. The summed E-state index contributed by atoms with van der Waals surface area (Å²) in [5.41, 5.74) is 4.14. The zero-order valence-corrected chi connectivity index (χ0v) is 16.3. The number of ether oxygens (including phenoxy) is 1. The van der Waals surface area contributed by atoms with Crippen LogP contribution in [0.3, 0.4) is 0 Å². The number of anilines is 2. The van der Waals surface area contributed by atoms with Crippen LogP contribution in [0.5, 0.6) is 0 Å². The number of nitrogens with zero attached hydrogens (tertiary/aromatic N) is 5. The summed E-state index contributed by atoms with van der Waals surface area (Å²) in [6.45, 7) is 3.28. The fourth-order valence-electron chi connectivity index (χ4n) is 4.25. The van der Waals surface area contributed by atoms with E-state index in [0.717, 1.165) is 33.5 Å². The zero-order chi connectivity index (χ0) is 20.1. The number of Topliss-reactive ketones (excluding diaryl/α,β-unsaturated/α-hetero) is 1. The highest BCUT2D eigenvalue weighted by atomic mass is 16.5. The number of hydrogen-bond acceptors (Lipinski definition) is 7. The van der Waals surface area contributed by atoms with E-state index in [2.05, 4.69) is 26.4 Å². The summed E-state index contributed by atoms with van der Waals surface area (Å²) in [7, 11) is 0. The number of hydrogen-bond donors (Lipinski definition) is 1. The van der Waals surface area contributed by atoms with E-state index < -0.39 is 0 Å². The largest absolute Gasteiger partial charge is 0.378 e. The van der Waals surface area contributed by atoms with E-state index in [4.69, 9.17) is 9.72 Å². The summed E-state index contributed by atoms with van der Waals surface area (Å²) in [6.07, 6.45) is 4.12. The predicted octanol–water partition coefficient (Wildman–Crippen LogP) is 2.78. The number of rotatable bonds is 2. The molecule has 1 aromatic carbocycles. The highest BCUT2D eigenvalue weighted by molar-refractivity contribution is 6.07. The van der Waals surface area contributed by atoms with Crippen LogP contribution in [0, 0.1) is 0 Å². The smallest absolute Gasteiger partial charge is 0.172 e. The molecule has 0 spiro atoms. The van der Waals surface area contributed by atoms with Gasteiger partial charge in [0.25, 0.3) is 0 Å². The van der Waals surface area contributed by atoms with E-state index in [1.165, 1.54) is 0 Å². The molecule has 0 aliphatic carbocycles. The van der Waals surface area contributed by atoms with Crippen LogP contribution in [0.4, 0.5) is 11.6 Å². The predicted molar refractivity (Wildman–Crippen MR) is 114 cm³/mol. The maximum absolute atomic E-state index is 12.8. The van der Waals surface area contributed by atoms with Gasteiger partial charge < -0.3 is 15.0 Å². The standard InChI is InChI=1S/C22H20N6O2/c29-18-5-6-23-21-19(18)22(27-7-9-30-10-8-27)26-20-16(13-25-28(20)21)15-11-14-3-1-2-4-17(14)24-12-15/h1-4,11-13,23H,5-10H2. The fourth-order valence-corrected chi connectivity index (χ4v) is 4.25. The third-order valence-corrected chi connectivity index (χ3v) is 5.76. The Bertz CT molecular complexity index is 1290. The number of morpholine rings is 1. The van der Waals surface area contributed by atoms with Crippen LogP contribution in [0.15, 0.2) is 42.7 Å². The van der Waals surface area contributed by atoms with Crippen molar-refractivity contribution >= 4 is 34.0 Å². The Labute approximate surface area is 172 Å². The summed E-state index contributed by atoms with van der Waals surface area (Å²) in [6, 6.07) is 10.1. The summed E-state index contributed by atoms with van der Waals surface area (Å²) in [4.78, 5) is 24.5. The van der Waals surface area contributed by atoms with Gasteiger partial charge in [0.05, 0.1) is 24.9 Å². The second-order valence-corrected chi connectivity index (χ2v) is 7.57. The summed E-state index contributed by atoms with van der Waals surface area (Å²) >= 11 is 0. The molecule has 2 aliphatic rings. The molecule has 6 rings (SSSR count). The van der Waals surface area contributed by atoms with Crippen LogP contribution in [-0.4, -0.2) is 58.2 Å². The van der Waals surface area contributed by atoms with Crippen LogP contribution >= 0.6 is 0 Å². The number of para-hydroxylation sites is 1. The molecule has 0 bridgehead atoms.